The van der Waals surface area contributed by atoms with Gasteiger partial charge in [0.2, 0.25) is 0 Å². The van der Waals surface area contributed by atoms with Gasteiger partial charge in [0.15, 0.2) is 0 Å². The summed E-state index contributed by atoms with van der Waals surface area (Å²) < 4.78 is 1.95. The van der Waals surface area contributed by atoms with Crippen molar-refractivity contribution in [2.75, 3.05) is 13.2 Å². The average molecular weight is 329 g/mol. The van der Waals surface area contributed by atoms with Gasteiger partial charge in [-0.2, -0.15) is 0 Å². The van der Waals surface area contributed by atoms with Crippen molar-refractivity contribution in [1.82, 2.24) is 14.3 Å². The summed E-state index contributed by atoms with van der Waals surface area (Å²) in [5, 5.41) is 9.34. The summed E-state index contributed by atoms with van der Waals surface area (Å²) in [6.45, 7) is 5.04. The minimum atomic E-state index is 0.0645. The van der Waals surface area contributed by atoms with E-state index in [-0.39, 0.29) is 18.6 Å². The first-order valence-electron chi connectivity index (χ1n) is 9.05. The summed E-state index contributed by atoms with van der Waals surface area (Å²) in [7, 11) is 0. The summed E-state index contributed by atoms with van der Waals surface area (Å²) >= 11 is 0. The Bertz CT molecular complexity index is 721. The predicted molar refractivity (Wildman–Crippen MR) is 94.3 cm³/mol. The van der Waals surface area contributed by atoms with Crippen LogP contribution in [0.5, 0.6) is 0 Å². The summed E-state index contributed by atoms with van der Waals surface area (Å²) in [5.41, 5.74) is 3.56. The minimum Gasteiger partial charge on any atom is -0.396 e. The number of fused-ring (bicyclic) bond motifs is 1. The smallest absolute Gasteiger partial charge is 0.273 e. The van der Waals surface area contributed by atoms with Crippen LogP contribution in [-0.2, 0) is 6.42 Å². The number of likely N-dealkylation sites (tertiary alicyclic amines) is 1. The van der Waals surface area contributed by atoms with E-state index in [0.717, 1.165) is 55.6 Å². The molecule has 130 valence electrons. The van der Waals surface area contributed by atoms with E-state index >= 15 is 0 Å². The highest BCUT2D eigenvalue weighted by molar-refractivity contribution is 5.95. The second-order valence-corrected chi connectivity index (χ2v) is 6.70. The largest absolute Gasteiger partial charge is 0.396 e. The van der Waals surface area contributed by atoms with E-state index in [0.29, 0.717) is 12.1 Å². The molecule has 24 heavy (non-hydrogen) atoms. The fraction of sp³-hybridized carbons (Fsp3) is 0.579. The van der Waals surface area contributed by atoms with Gasteiger partial charge >= 0.3 is 0 Å². The maximum absolute atomic E-state index is 13.4. The van der Waals surface area contributed by atoms with Crippen LogP contribution < -0.4 is 0 Å². The highest BCUT2D eigenvalue weighted by atomic mass is 16.3. The number of carbonyl (C=O) groups excluding carboxylic acids is 1. The Hall–Kier alpha value is -1.88. The Morgan fingerprint density at radius 3 is 3.00 bits per heavy atom. The average Bonchev–Trinajstić information content (AvgIpc) is 2.95. The number of aromatic nitrogens is 2. The van der Waals surface area contributed by atoms with Crippen molar-refractivity contribution in [2.24, 2.45) is 0 Å². The number of amides is 1. The second kappa shape index (κ2) is 7.34. The number of nitrogens with zero attached hydrogens (tertiary/aromatic N) is 3. The Balaban J connectivity index is 2.04. The molecule has 1 atom stereocenters. The van der Waals surface area contributed by atoms with Crippen molar-refractivity contribution < 1.29 is 9.90 Å². The summed E-state index contributed by atoms with van der Waals surface area (Å²) in [6, 6.07) is 4.14. The lowest BCUT2D eigenvalue weighted by molar-refractivity contribution is 0.0566. The molecule has 0 bridgehead atoms. The normalized spacial score (nSPS) is 18.3. The molecule has 2 aromatic rings. The highest BCUT2D eigenvalue weighted by Crippen LogP contribution is 2.25. The zero-order valence-electron chi connectivity index (χ0n) is 14.7. The first-order valence-corrected chi connectivity index (χ1v) is 9.05. The lowest BCUT2D eigenvalue weighted by Crippen LogP contribution is -2.44. The number of imidazole rings is 1. The van der Waals surface area contributed by atoms with E-state index in [4.69, 9.17) is 4.98 Å². The molecule has 1 N–H and O–H groups in total. The summed E-state index contributed by atoms with van der Waals surface area (Å²) in [5.74, 6) is 0.0645. The van der Waals surface area contributed by atoms with Gasteiger partial charge < -0.3 is 10.0 Å². The Labute approximate surface area is 143 Å². The number of rotatable bonds is 5. The lowest BCUT2D eigenvalue weighted by atomic mass is 9.99. The maximum Gasteiger partial charge on any atom is 0.273 e. The van der Waals surface area contributed by atoms with Crippen LogP contribution in [0.15, 0.2) is 18.3 Å². The van der Waals surface area contributed by atoms with Gasteiger partial charge in [-0.15, -0.1) is 0 Å². The monoisotopic (exact) mass is 329 g/mol. The molecule has 3 rings (SSSR count). The van der Waals surface area contributed by atoms with Gasteiger partial charge in [0.25, 0.3) is 5.91 Å². The van der Waals surface area contributed by atoms with Crippen molar-refractivity contribution >= 4 is 11.6 Å². The third kappa shape index (κ3) is 3.05. The summed E-state index contributed by atoms with van der Waals surface area (Å²) in [4.78, 5) is 20.1. The Morgan fingerprint density at radius 1 is 1.42 bits per heavy atom. The van der Waals surface area contributed by atoms with Crippen LogP contribution >= 0.6 is 0 Å². The zero-order chi connectivity index (χ0) is 17.1. The van der Waals surface area contributed by atoms with E-state index in [1.807, 2.05) is 34.6 Å². The van der Waals surface area contributed by atoms with E-state index < -0.39 is 0 Å². The number of aliphatic hydroxyl groups excluding tert-OH is 1. The SMILES string of the molecule is CCCc1nc2c(C)cccn2c1C(=O)N1CCCCC1CCO. The fourth-order valence-corrected chi connectivity index (χ4v) is 3.74. The molecule has 2 aromatic heterocycles. The molecule has 3 heterocycles. The molecule has 1 fully saturated rings. The maximum atomic E-state index is 13.4. The molecule has 5 nitrogen and oxygen atoms in total. The summed E-state index contributed by atoms with van der Waals surface area (Å²) in [6.07, 6.45) is 7.50. The van der Waals surface area contributed by atoms with Gasteiger partial charge in [-0.25, -0.2) is 4.98 Å². The predicted octanol–water partition coefficient (Wildman–Crippen LogP) is 2.97. The topological polar surface area (TPSA) is 57.8 Å². The van der Waals surface area contributed by atoms with Gasteiger partial charge in [-0.05, 0) is 50.7 Å². The van der Waals surface area contributed by atoms with Crippen LogP contribution in [0.2, 0.25) is 0 Å². The van der Waals surface area contributed by atoms with Crippen LogP contribution in [0.4, 0.5) is 0 Å². The Morgan fingerprint density at radius 2 is 2.25 bits per heavy atom. The van der Waals surface area contributed by atoms with Crippen LogP contribution in [0.3, 0.4) is 0 Å². The molecule has 0 radical (unpaired) electrons. The van der Waals surface area contributed by atoms with Crippen molar-refractivity contribution in [3.05, 3.63) is 35.3 Å². The van der Waals surface area contributed by atoms with E-state index in [2.05, 4.69) is 6.92 Å². The standard InChI is InChI=1S/C19H27N3O2/c1-3-7-16-17(22-12-6-8-14(2)18(22)20-16)19(24)21-11-5-4-9-15(21)10-13-23/h6,8,12,15,23H,3-5,7,9-11,13H2,1-2H3. The molecular weight excluding hydrogens is 302 g/mol. The van der Waals surface area contributed by atoms with Crippen molar-refractivity contribution in [3.63, 3.8) is 0 Å². The van der Waals surface area contributed by atoms with E-state index in [9.17, 15) is 9.90 Å². The third-order valence-electron chi connectivity index (χ3n) is 4.96. The Kier molecular flexibility index (Phi) is 5.19. The fourth-order valence-electron chi connectivity index (χ4n) is 3.74. The first-order chi connectivity index (χ1) is 11.7. The first kappa shape index (κ1) is 17.0. The number of aryl methyl sites for hydroxylation is 2. The molecule has 0 saturated carbocycles. The molecule has 1 aliphatic heterocycles. The molecular formula is C19H27N3O2. The number of carbonyl (C=O) groups is 1. The number of hydrogen-bond donors (Lipinski definition) is 1. The van der Waals surface area contributed by atoms with Gasteiger partial charge in [-0.3, -0.25) is 9.20 Å². The minimum absolute atomic E-state index is 0.0645. The molecule has 0 aliphatic carbocycles. The highest BCUT2D eigenvalue weighted by Gasteiger charge is 2.30. The lowest BCUT2D eigenvalue weighted by Gasteiger charge is -2.35. The van der Waals surface area contributed by atoms with Crippen LogP contribution in [-0.4, -0.2) is 44.5 Å². The molecule has 5 heteroatoms. The molecule has 1 amide bonds. The van der Waals surface area contributed by atoms with Gasteiger partial charge in [0, 0.05) is 25.4 Å². The van der Waals surface area contributed by atoms with Crippen molar-refractivity contribution in [3.8, 4) is 0 Å². The number of piperidine rings is 1. The van der Waals surface area contributed by atoms with E-state index in [1.165, 1.54) is 0 Å². The number of aliphatic hydroxyl groups is 1. The second-order valence-electron chi connectivity index (χ2n) is 6.70. The molecule has 0 aromatic carbocycles. The third-order valence-corrected chi connectivity index (χ3v) is 4.96. The van der Waals surface area contributed by atoms with Crippen molar-refractivity contribution in [1.29, 1.82) is 0 Å². The van der Waals surface area contributed by atoms with Gasteiger partial charge in [0.1, 0.15) is 11.3 Å². The zero-order valence-corrected chi connectivity index (χ0v) is 14.7. The van der Waals surface area contributed by atoms with Crippen LogP contribution in [0.25, 0.3) is 5.65 Å². The van der Waals surface area contributed by atoms with E-state index in [1.54, 1.807) is 0 Å². The number of pyridine rings is 1. The number of hydrogen-bond acceptors (Lipinski definition) is 3. The molecule has 1 aliphatic rings. The van der Waals surface area contributed by atoms with Crippen LogP contribution in [0, 0.1) is 6.92 Å². The van der Waals surface area contributed by atoms with Gasteiger partial charge in [0.05, 0.1) is 5.69 Å². The molecule has 1 unspecified atom stereocenters. The molecule has 1 saturated heterocycles. The molecule has 0 spiro atoms. The van der Waals surface area contributed by atoms with Crippen LogP contribution in [0.1, 0.15) is 60.8 Å². The van der Waals surface area contributed by atoms with Gasteiger partial charge in [-0.1, -0.05) is 19.4 Å². The van der Waals surface area contributed by atoms with Crippen molar-refractivity contribution in [2.45, 2.75) is 58.4 Å². The quantitative estimate of drug-likeness (QED) is 0.917.